The molecule has 0 amide bonds. The normalized spacial score (nSPS) is 13.0. The summed E-state index contributed by atoms with van der Waals surface area (Å²) in [6.45, 7) is 1.70. The summed E-state index contributed by atoms with van der Waals surface area (Å²) < 4.78 is 0. The molecular formula is C7H9ClN2O. The molecule has 1 N–H and O–H groups in total. The van der Waals surface area contributed by atoms with Gasteiger partial charge in [-0.15, -0.1) is 0 Å². The van der Waals surface area contributed by atoms with E-state index in [1.807, 2.05) is 0 Å². The van der Waals surface area contributed by atoms with E-state index in [2.05, 4.69) is 9.97 Å². The van der Waals surface area contributed by atoms with Crippen molar-refractivity contribution in [3.8, 4) is 0 Å². The van der Waals surface area contributed by atoms with Crippen molar-refractivity contribution in [1.82, 2.24) is 9.97 Å². The summed E-state index contributed by atoms with van der Waals surface area (Å²) in [4.78, 5) is 7.79. The fraction of sp³-hybridized carbons (Fsp3) is 0.429. The summed E-state index contributed by atoms with van der Waals surface area (Å²) >= 11 is 5.57. The molecule has 1 unspecified atom stereocenters. The Balaban J connectivity index is 2.71. The minimum absolute atomic E-state index is 0.364. The second kappa shape index (κ2) is 3.64. The average molecular weight is 173 g/mol. The molecule has 11 heavy (non-hydrogen) atoms. The molecule has 0 saturated carbocycles. The van der Waals surface area contributed by atoms with Gasteiger partial charge in [0.2, 0.25) is 0 Å². The van der Waals surface area contributed by atoms with Gasteiger partial charge in [-0.05, 0) is 6.92 Å². The smallest absolute Gasteiger partial charge is 0.147 e. The van der Waals surface area contributed by atoms with Gasteiger partial charge in [-0.2, -0.15) is 0 Å². The van der Waals surface area contributed by atoms with Crippen LogP contribution >= 0.6 is 11.6 Å². The zero-order valence-corrected chi connectivity index (χ0v) is 6.91. The molecule has 3 nitrogen and oxygen atoms in total. The summed E-state index contributed by atoms with van der Waals surface area (Å²) in [5, 5.41) is 9.35. The highest BCUT2D eigenvalue weighted by Gasteiger charge is 2.00. The first kappa shape index (κ1) is 8.43. The van der Waals surface area contributed by atoms with Gasteiger partial charge in [-0.25, -0.2) is 4.98 Å². The van der Waals surface area contributed by atoms with Crippen molar-refractivity contribution in [1.29, 1.82) is 0 Å². The van der Waals surface area contributed by atoms with E-state index in [-0.39, 0.29) is 0 Å². The van der Waals surface area contributed by atoms with Crippen LogP contribution < -0.4 is 0 Å². The van der Waals surface area contributed by atoms with Crippen molar-refractivity contribution in [2.75, 3.05) is 0 Å². The lowest BCUT2D eigenvalue weighted by molar-refractivity contribution is 0.194. The van der Waals surface area contributed by atoms with Crippen molar-refractivity contribution < 1.29 is 5.11 Å². The highest BCUT2D eigenvalue weighted by atomic mass is 35.5. The average Bonchev–Trinajstić information content (AvgIpc) is 1.85. The molecule has 4 heteroatoms. The SMILES string of the molecule is CC(O)Cc1cncc(Cl)n1. The van der Waals surface area contributed by atoms with Gasteiger partial charge >= 0.3 is 0 Å². The van der Waals surface area contributed by atoms with Gasteiger partial charge in [-0.1, -0.05) is 11.6 Å². The lowest BCUT2D eigenvalue weighted by Crippen LogP contribution is -2.06. The van der Waals surface area contributed by atoms with Gasteiger partial charge in [0.15, 0.2) is 0 Å². The second-order valence-corrected chi connectivity index (χ2v) is 2.77. The number of hydrogen-bond acceptors (Lipinski definition) is 3. The lowest BCUT2D eigenvalue weighted by atomic mass is 10.2. The van der Waals surface area contributed by atoms with Crippen LogP contribution in [0.15, 0.2) is 12.4 Å². The standard InChI is InChI=1S/C7H9ClN2O/c1-5(11)2-6-3-9-4-7(8)10-6/h3-5,11H,2H2,1H3. The third-order valence-electron chi connectivity index (χ3n) is 1.16. The monoisotopic (exact) mass is 172 g/mol. The van der Waals surface area contributed by atoms with Gasteiger partial charge in [0, 0.05) is 12.6 Å². The quantitative estimate of drug-likeness (QED) is 0.726. The van der Waals surface area contributed by atoms with Crippen LogP contribution in [0.5, 0.6) is 0 Å². The Kier molecular flexibility index (Phi) is 2.79. The fourth-order valence-electron chi connectivity index (χ4n) is 0.781. The zero-order valence-electron chi connectivity index (χ0n) is 6.16. The van der Waals surface area contributed by atoms with Crippen LogP contribution in [-0.4, -0.2) is 21.2 Å². The van der Waals surface area contributed by atoms with E-state index in [4.69, 9.17) is 16.7 Å². The summed E-state index contributed by atoms with van der Waals surface area (Å²) in [5.41, 5.74) is 0.715. The summed E-state index contributed by atoms with van der Waals surface area (Å²) in [6.07, 6.45) is 3.15. The predicted octanol–water partition coefficient (Wildman–Crippen LogP) is 1.05. The minimum Gasteiger partial charge on any atom is -0.393 e. The lowest BCUT2D eigenvalue weighted by Gasteiger charge is -2.01. The van der Waals surface area contributed by atoms with Crippen molar-refractivity contribution in [3.63, 3.8) is 0 Å². The van der Waals surface area contributed by atoms with E-state index >= 15 is 0 Å². The van der Waals surface area contributed by atoms with Crippen LogP contribution in [0.25, 0.3) is 0 Å². The Morgan fingerprint density at radius 2 is 2.36 bits per heavy atom. The highest BCUT2D eigenvalue weighted by Crippen LogP contribution is 2.04. The third kappa shape index (κ3) is 2.82. The molecular weight excluding hydrogens is 164 g/mol. The number of rotatable bonds is 2. The van der Waals surface area contributed by atoms with E-state index in [1.165, 1.54) is 6.20 Å². The van der Waals surface area contributed by atoms with Crippen molar-refractivity contribution in [2.24, 2.45) is 0 Å². The molecule has 0 aliphatic heterocycles. The number of halogens is 1. The van der Waals surface area contributed by atoms with E-state index in [1.54, 1.807) is 13.1 Å². The first-order valence-electron chi connectivity index (χ1n) is 3.33. The number of hydrogen-bond donors (Lipinski definition) is 1. The Hall–Kier alpha value is -0.670. The van der Waals surface area contributed by atoms with E-state index in [9.17, 15) is 0 Å². The first-order chi connectivity index (χ1) is 5.18. The first-order valence-corrected chi connectivity index (χ1v) is 3.71. The minimum atomic E-state index is -0.400. The van der Waals surface area contributed by atoms with Gasteiger partial charge in [-0.3, -0.25) is 4.98 Å². The molecule has 0 aliphatic carbocycles. The van der Waals surface area contributed by atoms with Gasteiger partial charge in [0.1, 0.15) is 5.15 Å². The van der Waals surface area contributed by atoms with Gasteiger partial charge in [0.25, 0.3) is 0 Å². The summed E-state index contributed by atoms with van der Waals surface area (Å²) in [5.74, 6) is 0. The van der Waals surface area contributed by atoms with E-state index in [0.29, 0.717) is 17.3 Å². The largest absolute Gasteiger partial charge is 0.393 e. The second-order valence-electron chi connectivity index (χ2n) is 2.39. The number of nitrogens with zero attached hydrogens (tertiary/aromatic N) is 2. The van der Waals surface area contributed by atoms with Crippen LogP contribution in [-0.2, 0) is 6.42 Å². The van der Waals surface area contributed by atoms with E-state index < -0.39 is 6.10 Å². The van der Waals surface area contributed by atoms with Gasteiger partial charge < -0.3 is 5.11 Å². The number of aromatic nitrogens is 2. The highest BCUT2D eigenvalue weighted by molar-refractivity contribution is 6.29. The molecule has 0 fully saturated rings. The summed E-state index contributed by atoms with van der Waals surface area (Å²) in [6, 6.07) is 0. The maximum atomic E-state index is 8.99. The Morgan fingerprint density at radius 1 is 1.64 bits per heavy atom. The molecule has 0 aliphatic rings. The number of aliphatic hydroxyl groups is 1. The maximum Gasteiger partial charge on any atom is 0.147 e. The van der Waals surface area contributed by atoms with Crippen LogP contribution in [0, 0.1) is 0 Å². The number of aliphatic hydroxyl groups excluding tert-OH is 1. The predicted molar refractivity (Wildman–Crippen MR) is 42.4 cm³/mol. The molecule has 0 bridgehead atoms. The van der Waals surface area contributed by atoms with Crippen molar-refractivity contribution in [3.05, 3.63) is 23.2 Å². The molecule has 1 aromatic rings. The van der Waals surface area contributed by atoms with Crippen molar-refractivity contribution >= 4 is 11.6 Å². The summed E-state index contributed by atoms with van der Waals surface area (Å²) in [7, 11) is 0. The molecule has 60 valence electrons. The Morgan fingerprint density at radius 3 is 2.91 bits per heavy atom. The molecule has 0 saturated heterocycles. The van der Waals surface area contributed by atoms with Crippen LogP contribution in [0.4, 0.5) is 0 Å². The molecule has 1 rings (SSSR count). The van der Waals surface area contributed by atoms with Gasteiger partial charge in [0.05, 0.1) is 18.0 Å². The molecule has 0 spiro atoms. The zero-order chi connectivity index (χ0) is 8.27. The van der Waals surface area contributed by atoms with Crippen LogP contribution in [0.2, 0.25) is 5.15 Å². The van der Waals surface area contributed by atoms with Crippen LogP contribution in [0.1, 0.15) is 12.6 Å². The molecule has 0 aromatic carbocycles. The third-order valence-corrected chi connectivity index (χ3v) is 1.34. The van der Waals surface area contributed by atoms with Crippen LogP contribution in [0.3, 0.4) is 0 Å². The molecule has 1 aromatic heterocycles. The van der Waals surface area contributed by atoms with E-state index in [0.717, 1.165) is 0 Å². The molecule has 1 atom stereocenters. The molecule has 0 radical (unpaired) electrons. The molecule has 1 heterocycles. The fourth-order valence-corrected chi connectivity index (χ4v) is 0.946. The maximum absolute atomic E-state index is 8.99. The van der Waals surface area contributed by atoms with Crippen molar-refractivity contribution in [2.45, 2.75) is 19.4 Å². The Labute approximate surface area is 70.1 Å². The Bertz CT molecular complexity index is 240. The topological polar surface area (TPSA) is 46.0 Å².